The van der Waals surface area contributed by atoms with Crippen LogP contribution in [0.1, 0.15) is 219 Å². The SMILES string of the molecule is CCCCCCCCCCCCCCCCCC[C@@H](O)[C@@H](O)[C@H](CO)NC(=O)CCCCCCCCCCCCCCCC. The number of carbonyl (C=O) groups is 1. The van der Waals surface area contributed by atoms with E-state index in [9.17, 15) is 20.1 Å². The Hall–Kier alpha value is -0.650. The van der Waals surface area contributed by atoms with Gasteiger partial charge in [-0.05, 0) is 12.8 Å². The highest BCUT2D eigenvalue weighted by molar-refractivity contribution is 5.76. The van der Waals surface area contributed by atoms with Gasteiger partial charge in [-0.3, -0.25) is 4.79 Å². The van der Waals surface area contributed by atoms with E-state index in [2.05, 4.69) is 19.2 Å². The summed E-state index contributed by atoms with van der Waals surface area (Å²) in [5.41, 5.74) is 0. The van der Waals surface area contributed by atoms with E-state index in [1.807, 2.05) is 0 Å². The molecule has 5 nitrogen and oxygen atoms in total. The third kappa shape index (κ3) is 30.0. The maximum atomic E-state index is 12.4. The van der Waals surface area contributed by atoms with Crippen molar-refractivity contribution in [1.82, 2.24) is 5.32 Å². The third-order valence-electron chi connectivity index (χ3n) is 9.46. The first-order valence-corrected chi connectivity index (χ1v) is 19.8. The van der Waals surface area contributed by atoms with Crippen LogP contribution in [0.4, 0.5) is 0 Å². The van der Waals surface area contributed by atoms with Gasteiger partial charge >= 0.3 is 0 Å². The van der Waals surface area contributed by atoms with Crippen LogP contribution in [-0.4, -0.2) is 46.1 Å². The van der Waals surface area contributed by atoms with Gasteiger partial charge < -0.3 is 20.6 Å². The van der Waals surface area contributed by atoms with Crippen molar-refractivity contribution in [3.8, 4) is 0 Å². The summed E-state index contributed by atoms with van der Waals surface area (Å²) >= 11 is 0. The predicted octanol–water partition coefficient (Wildman–Crippen LogP) is 10.7. The molecule has 0 fully saturated rings. The van der Waals surface area contributed by atoms with E-state index in [4.69, 9.17) is 0 Å². The maximum Gasteiger partial charge on any atom is 0.220 e. The van der Waals surface area contributed by atoms with Gasteiger partial charge in [0.15, 0.2) is 0 Å². The normalized spacial score (nSPS) is 13.7. The zero-order valence-electron chi connectivity index (χ0n) is 29.8. The predicted molar refractivity (Wildman–Crippen MR) is 190 cm³/mol. The van der Waals surface area contributed by atoms with Crippen LogP contribution in [0.5, 0.6) is 0 Å². The number of amides is 1. The molecule has 0 aromatic rings. The molecule has 0 heterocycles. The third-order valence-corrected chi connectivity index (χ3v) is 9.46. The lowest BCUT2D eigenvalue weighted by Crippen LogP contribution is -2.50. The fraction of sp³-hybridized carbons (Fsp3) is 0.974. The molecule has 0 saturated heterocycles. The van der Waals surface area contributed by atoms with Crippen molar-refractivity contribution in [2.45, 2.75) is 238 Å². The number of rotatable bonds is 36. The molecule has 0 aliphatic heterocycles. The van der Waals surface area contributed by atoms with E-state index in [1.165, 1.54) is 161 Å². The second kappa shape index (κ2) is 35.2. The van der Waals surface area contributed by atoms with Crippen LogP contribution in [0.25, 0.3) is 0 Å². The van der Waals surface area contributed by atoms with Crippen LogP contribution in [0, 0.1) is 0 Å². The lowest BCUT2D eigenvalue weighted by molar-refractivity contribution is -0.124. The summed E-state index contributed by atoms with van der Waals surface area (Å²) in [6, 6.07) is -0.801. The van der Waals surface area contributed by atoms with Gasteiger partial charge in [0.25, 0.3) is 0 Å². The maximum absolute atomic E-state index is 12.4. The summed E-state index contributed by atoms with van der Waals surface area (Å²) in [7, 11) is 0. The summed E-state index contributed by atoms with van der Waals surface area (Å²) in [5, 5.41) is 33.4. The first kappa shape index (κ1) is 43.4. The molecule has 44 heavy (non-hydrogen) atoms. The molecule has 0 saturated carbocycles. The van der Waals surface area contributed by atoms with Gasteiger partial charge in [0.1, 0.15) is 6.10 Å². The molecule has 4 N–H and O–H groups in total. The molecule has 0 aromatic heterocycles. The molecule has 0 bridgehead atoms. The number of hydrogen-bond acceptors (Lipinski definition) is 4. The first-order valence-electron chi connectivity index (χ1n) is 19.8. The van der Waals surface area contributed by atoms with Gasteiger partial charge in [-0.25, -0.2) is 0 Å². The van der Waals surface area contributed by atoms with E-state index in [0.29, 0.717) is 12.8 Å². The van der Waals surface area contributed by atoms with Gasteiger partial charge in [0.2, 0.25) is 5.91 Å². The Labute approximate surface area is 275 Å². The fourth-order valence-electron chi connectivity index (χ4n) is 6.34. The summed E-state index contributed by atoms with van der Waals surface area (Å²) in [6.07, 6.45) is 37.6. The zero-order valence-corrected chi connectivity index (χ0v) is 29.8. The van der Waals surface area contributed by atoms with E-state index in [-0.39, 0.29) is 12.5 Å². The topological polar surface area (TPSA) is 89.8 Å². The van der Waals surface area contributed by atoms with E-state index in [1.54, 1.807) is 0 Å². The second-order valence-electron chi connectivity index (χ2n) is 13.9. The molecule has 5 heteroatoms. The number of carbonyl (C=O) groups excluding carboxylic acids is 1. The van der Waals surface area contributed by atoms with Crippen molar-refractivity contribution in [2.24, 2.45) is 0 Å². The van der Waals surface area contributed by atoms with Gasteiger partial charge in [0, 0.05) is 6.42 Å². The average molecular weight is 626 g/mol. The molecule has 0 rings (SSSR count). The van der Waals surface area contributed by atoms with Crippen LogP contribution >= 0.6 is 0 Å². The second-order valence-corrected chi connectivity index (χ2v) is 13.9. The minimum Gasteiger partial charge on any atom is -0.394 e. The highest BCUT2D eigenvalue weighted by atomic mass is 16.3. The molecule has 3 atom stereocenters. The molecule has 0 radical (unpaired) electrons. The van der Waals surface area contributed by atoms with Crippen LogP contribution in [0.3, 0.4) is 0 Å². The Bertz CT molecular complexity index is 572. The number of aliphatic hydroxyl groups excluding tert-OH is 3. The van der Waals surface area contributed by atoms with E-state index < -0.39 is 18.2 Å². The summed E-state index contributed by atoms with van der Waals surface area (Å²) in [5.74, 6) is -0.142. The Morgan fingerprint density at radius 1 is 0.477 bits per heavy atom. The summed E-state index contributed by atoms with van der Waals surface area (Å²) in [4.78, 5) is 12.4. The van der Waals surface area contributed by atoms with Crippen molar-refractivity contribution >= 4 is 5.91 Å². The van der Waals surface area contributed by atoms with Gasteiger partial charge in [0.05, 0.1) is 18.8 Å². The number of hydrogen-bond donors (Lipinski definition) is 4. The molecule has 0 unspecified atom stereocenters. The fourth-order valence-corrected chi connectivity index (χ4v) is 6.34. The minimum absolute atomic E-state index is 0.142. The van der Waals surface area contributed by atoms with Crippen LogP contribution < -0.4 is 5.32 Å². The lowest BCUT2D eigenvalue weighted by Gasteiger charge is -2.26. The minimum atomic E-state index is -1.13. The quantitative estimate of drug-likeness (QED) is 0.0521. The molecule has 1 amide bonds. The molecular weight excluding hydrogens is 546 g/mol. The van der Waals surface area contributed by atoms with Crippen molar-refractivity contribution in [2.75, 3.05) is 6.61 Å². The summed E-state index contributed by atoms with van der Waals surface area (Å²) < 4.78 is 0. The smallest absolute Gasteiger partial charge is 0.220 e. The van der Waals surface area contributed by atoms with Gasteiger partial charge in [-0.1, -0.05) is 200 Å². The standard InChI is InChI=1S/C39H79NO4/c1-3-5-7-9-11-13-15-17-19-20-21-23-25-27-29-31-33-37(42)39(44)36(35-41)40-38(43)34-32-30-28-26-24-22-18-16-14-12-10-8-6-4-2/h36-37,39,41-42,44H,3-35H2,1-2H3,(H,40,43)/t36-,37+,39-/m0/s1. The van der Waals surface area contributed by atoms with Crippen molar-refractivity contribution in [1.29, 1.82) is 0 Å². The van der Waals surface area contributed by atoms with E-state index in [0.717, 1.165) is 32.1 Å². The number of aliphatic hydroxyl groups is 3. The molecule has 0 aliphatic rings. The molecule has 264 valence electrons. The Morgan fingerprint density at radius 2 is 0.773 bits per heavy atom. The molecule has 0 aliphatic carbocycles. The monoisotopic (exact) mass is 626 g/mol. The largest absolute Gasteiger partial charge is 0.394 e. The number of unbranched alkanes of at least 4 members (excludes halogenated alkanes) is 28. The average Bonchev–Trinajstić information content (AvgIpc) is 3.03. The van der Waals surface area contributed by atoms with Crippen LogP contribution in [-0.2, 0) is 4.79 Å². The van der Waals surface area contributed by atoms with Crippen LogP contribution in [0.15, 0.2) is 0 Å². The Morgan fingerprint density at radius 3 is 1.09 bits per heavy atom. The Kier molecular flexibility index (Phi) is 34.7. The van der Waals surface area contributed by atoms with Crippen molar-refractivity contribution in [3.63, 3.8) is 0 Å². The van der Waals surface area contributed by atoms with Crippen molar-refractivity contribution < 1.29 is 20.1 Å². The van der Waals surface area contributed by atoms with Gasteiger partial charge in [-0.2, -0.15) is 0 Å². The zero-order chi connectivity index (χ0) is 32.4. The Balaban J connectivity index is 3.63. The highest BCUT2D eigenvalue weighted by Crippen LogP contribution is 2.16. The highest BCUT2D eigenvalue weighted by Gasteiger charge is 2.26. The molecule has 0 spiro atoms. The van der Waals surface area contributed by atoms with E-state index >= 15 is 0 Å². The first-order chi connectivity index (χ1) is 21.6. The van der Waals surface area contributed by atoms with Gasteiger partial charge in [-0.15, -0.1) is 0 Å². The summed E-state index contributed by atoms with van der Waals surface area (Å²) in [6.45, 7) is 4.18. The lowest BCUT2D eigenvalue weighted by atomic mass is 9.99. The molecule has 0 aromatic carbocycles. The van der Waals surface area contributed by atoms with Crippen molar-refractivity contribution in [3.05, 3.63) is 0 Å². The molecular formula is C39H79NO4. The number of nitrogens with one attached hydrogen (secondary N) is 1. The van der Waals surface area contributed by atoms with Crippen LogP contribution in [0.2, 0.25) is 0 Å².